The van der Waals surface area contributed by atoms with Gasteiger partial charge in [0.2, 0.25) is 0 Å². The van der Waals surface area contributed by atoms with Crippen molar-refractivity contribution >= 4 is 0 Å². The first kappa shape index (κ1) is 16.6. The Labute approximate surface area is 120 Å². The predicted molar refractivity (Wildman–Crippen MR) is 85.0 cm³/mol. The maximum Gasteiger partial charge on any atom is 0.00861 e. The highest BCUT2D eigenvalue weighted by Crippen LogP contribution is 2.37. The SMILES string of the molecule is C#CCCCC1CC(CC)CCC1CNCC(C)C. The van der Waals surface area contributed by atoms with Crippen LogP contribution in [0.25, 0.3) is 0 Å². The van der Waals surface area contributed by atoms with Gasteiger partial charge in [0.05, 0.1) is 0 Å². The minimum atomic E-state index is 0.756. The van der Waals surface area contributed by atoms with Crippen molar-refractivity contribution in [3.8, 4) is 12.3 Å². The summed E-state index contributed by atoms with van der Waals surface area (Å²) in [6.45, 7) is 9.29. The van der Waals surface area contributed by atoms with E-state index in [0.717, 1.165) is 36.6 Å². The lowest BCUT2D eigenvalue weighted by atomic mass is 9.71. The zero-order chi connectivity index (χ0) is 14.1. The van der Waals surface area contributed by atoms with Crippen molar-refractivity contribution in [1.29, 1.82) is 0 Å². The van der Waals surface area contributed by atoms with Crippen molar-refractivity contribution in [2.75, 3.05) is 13.1 Å². The van der Waals surface area contributed by atoms with Gasteiger partial charge in [-0.3, -0.25) is 0 Å². The summed E-state index contributed by atoms with van der Waals surface area (Å²) >= 11 is 0. The van der Waals surface area contributed by atoms with Crippen molar-refractivity contribution in [3.63, 3.8) is 0 Å². The molecule has 1 rings (SSSR count). The lowest BCUT2D eigenvalue weighted by Gasteiger charge is -2.36. The van der Waals surface area contributed by atoms with E-state index in [-0.39, 0.29) is 0 Å². The van der Waals surface area contributed by atoms with E-state index >= 15 is 0 Å². The van der Waals surface area contributed by atoms with Crippen molar-refractivity contribution in [3.05, 3.63) is 0 Å². The van der Waals surface area contributed by atoms with Crippen molar-refractivity contribution in [2.24, 2.45) is 23.7 Å². The van der Waals surface area contributed by atoms with Crippen LogP contribution in [-0.4, -0.2) is 13.1 Å². The Morgan fingerprint density at radius 1 is 1.26 bits per heavy atom. The first-order valence-electron chi connectivity index (χ1n) is 8.31. The standard InChI is InChI=1S/C18H33N/c1-5-7-8-9-17-12-16(6-2)10-11-18(17)14-19-13-15(3)4/h1,15-19H,6-14H2,2-4H3. The number of hydrogen-bond donors (Lipinski definition) is 1. The molecule has 1 aliphatic carbocycles. The summed E-state index contributed by atoms with van der Waals surface area (Å²) in [4.78, 5) is 0. The second kappa shape index (κ2) is 9.43. The van der Waals surface area contributed by atoms with Crippen LogP contribution in [0.5, 0.6) is 0 Å². The van der Waals surface area contributed by atoms with Crippen LogP contribution >= 0.6 is 0 Å². The molecule has 0 heterocycles. The minimum absolute atomic E-state index is 0.756. The molecule has 0 bridgehead atoms. The Bertz CT molecular complexity index is 263. The van der Waals surface area contributed by atoms with E-state index < -0.39 is 0 Å². The molecular weight excluding hydrogens is 230 g/mol. The Balaban J connectivity index is 2.38. The molecule has 1 heteroatoms. The van der Waals surface area contributed by atoms with Crippen LogP contribution in [0.3, 0.4) is 0 Å². The number of rotatable bonds is 8. The summed E-state index contributed by atoms with van der Waals surface area (Å²) in [5.74, 6) is 6.31. The van der Waals surface area contributed by atoms with Gasteiger partial charge in [0.15, 0.2) is 0 Å². The van der Waals surface area contributed by atoms with E-state index in [4.69, 9.17) is 6.42 Å². The fraction of sp³-hybridized carbons (Fsp3) is 0.889. The van der Waals surface area contributed by atoms with Crippen molar-refractivity contribution in [1.82, 2.24) is 5.32 Å². The molecule has 1 aliphatic rings. The highest BCUT2D eigenvalue weighted by Gasteiger charge is 2.28. The molecule has 0 aliphatic heterocycles. The van der Waals surface area contributed by atoms with Gasteiger partial charge in [-0.25, -0.2) is 0 Å². The van der Waals surface area contributed by atoms with E-state index in [1.165, 1.54) is 45.1 Å². The summed E-state index contributed by atoms with van der Waals surface area (Å²) in [6.07, 6.45) is 14.6. The molecule has 0 radical (unpaired) electrons. The number of unbranched alkanes of at least 4 members (excludes halogenated alkanes) is 1. The predicted octanol–water partition coefficient (Wildman–Crippen LogP) is 4.48. The van der Waals surface area contributed by atoms with Crippen LogP contribution in [0.15, 0.2) is 0 Å². The molecule has 0 spiro atoms. The molecule has 0 aromatic carbocycles. The summed E-state index contributed by atoms with van der Waals surface area (Å²) in [5, 5.41) is 3.67. The van der Waals surface area contributed by atoms with E-state index in [2.05, 4.69) is 32.0 Å². The van der Waals surface area contributed by atoms with Gasteiger partial charge in [0.25, 0.3) is 0 Å². The van der Waals surface area contributed by atoms with Gasteiger partial charge in [-0.1, -0.05) is 33.6 Å². The lowest BCUT2D eigenvalue weighted by Crippen LogP contribution is -2.34. The molecule has 0 aromatic heterocycles. The van der Waals surface area contributed by atoms with Crippen LogP contribution in [0, 0.1) is 36.0 Å². The molecule has 3 unspecified atom stereocenters. The average Bonchev–Trinajstić information content (AvgIpc) is 2.40. The van der Waals surface area contributed by atoms with Crippen LogP contribution < -0.4 is 5.32 Å². The monoisotopic (exact) mass is 263 g/mol. The maximum atomic E-state index is 5.38. The normalized spacial score (nSPS) is 27.4. The maximum absolute atomic E-state index is 5.38. The summed E-state index contributed by atoms with van der Waals surface area (Å²) in [7, 11) is 0. The summed E-state index contributed by atoms with van der Waals surface area (Å²) in [6, 6.07) is 0. The molecule has 0 aromatic rings. The average molecular weight is 263 g/mol. The highest BCUT2D eigenvalue weighted by molar-refractivity contribution is 4.86. The second-order valence-corrected chi connectivity index (χ2v) is 6.76. The third-order valence-corrected chi connectivity index (χ3v) is 4.68. The van der Waals surface area contributed by atoms with E-state index in [1.54, 1.807) is 0 Å². The third kappa shape index (κ3) is 6.48. The van der Waals surface area contributed by atoms with Crippen LogP contribution in [-0.2, 0) is 0 Å². The Kier molecular flexibility index (Phi) is 8.22. The van der Waals surface area contributed by atoms with E-state index in [1.807, 2.05) is 0 Å². The van der Waals surface area contributed by atoms with Gasteiger partial charge < -0.3 is 5.32 Å². The lowest BCUT2D eigenvalue weighted by molar-refractivity contribution is 0.160. The van der Waals surface area contributed by atoms with Gasteiger partial charge in [-0.05, 0) is 62.4 Å². The Morgan fingerprint density at radius 2 is 2.05 bits per heavy atom. The Morgan fingerprint density at radius 3 is 2.68 bits per heavy atom. The molecule has 0 amide bonds. The largest absolute Gasteiger partial charge is 0.316 e. The zero-order valence-corrected chi connectivity index (χ0v) is 13.3. The van der Waals surface area contributed by atoms with E-state index in [0.29, 0.717) is 0 Å². The first-order valence-corrected chi connectivity index (χ1v) is 8.31. The quantitative estimate of drug-likeness (QED) is 0.503. The van der Waals surface area contributed by atoms with Crippen LogP contribution in [0.2, 0.25) is 0 Å². The molecule has 1 N–H and O–H groups in total. The van der Waals surface area contributed by atoms with Crippen LogP contribution in [0.4, 0.5) is 0 Å². The fourth-order valence-corrected chi connectivity index (χ4v) is 3.44. The van der Waals surface area contributed by atoms with Gasteiger partial charge in [-0.2, -0.15) is 0 Å². The molecular formula is C18H33N. The topological polar surface area (TPSA) is 12.0 Å². The van der Waals surface area contributed by atoms with Crippen molar-refractivity contribution in [2.45, 2.75) is 65.7 Å². The molecule has 19 heavy (non-hydrogen) atoms. The summed E-state index contributed by atoms with van der Waals surface area (Å²) < 4.78 is 0. The minimum Gasteiger partial charge on any atom is -0.316 e. The van der Waals surface area contributed by atoms with E-state index in [9.17, 15) is 0 Å². The summed E-state index contributed by atoms with van der Waals surface area (Å²) in [5.41, 5.74) is 0. The third-order valence-electron chi connectivity index (χ3n) is 4.68. The molecule has 3 atom stereocenters. The van der Waals surface area contributed by atoms with Gasteiger partial charge in [0.1, 0.15) is 0 Å². The number of nitrogens with one attached hydrogen (secondary N) is 1. The number of terminal acetylenes is 1. The highest BCUT2D eigenvalue weighted by atomic mass is 14.9. The van der Waals surface area contributed by atoms with Crippen LogP contribution in [0.1, 0.15) is 65.7 Å². The first-order chi connectivity index (χ1) is 9.17. The second-order valence-electron chi connectivity index (χ2n) is 6.76. The Hall–Kier alpha value is -0.480. The fourth-order valence-electron chi connectivity index (χ4n) is 3.44. The number of hydrogen-bond acceptors (Lipinski definition) is 1. The molecule has 110 valence electrons. The molecule has 1 nitrogen and oxygen atoms in total. The molecule has 1 saturated carbocycles. The van der Waals surface area contributed by atoms with Gasteiger partial charge >= 0.3 is 0 Å². The van der Waals surface area contributed by atoms with Gasteiger partial charge in [0, 0.05) is 6.42 Å². The molecule has 1 fully saturated rings. The smallest absolute Gasteiger partial charge is 0.00861 e. The zero-order valence-electron chi connectivity index (χ0n) is 13.3. The van der Waals surface area contributed by atoms with Gasteiger partial charge in [-0.15, -0.1) is 12.3 Å². The molecule has 0 saturated heterocycles. The van der Waals surface area contributed by atoms with Crippen molar-refractivity contribution < 1.29 is 0 Å².